The van der Waals surface area contributed by atoms with Gasteiger partial charge in [-0.2, -0.15) is 0 Å². The van der Waals surface area contributed by atoms with Crippen molar-refractivity contribution in [1.82, 2.24) is 15.3 Å². The second-order valence-electron chi connectivity index (χ2n) is 4.04. The zero-order valence-corrected chi connectivity index (χ0v) is 11.0. The van der Waals surface area contributed by atoms with Crippen molar-refractivity contribution in [1.29, 1.82) is 0 Å². The van der Waals surface area contributed by atoms with E-state index in [0.29, 0.717) is 16.6 Å². The number of nitro benzene ring substituents is 1. The van der Waals surface area contributed by atoms with Crippen molar-refractivity contribution >= 4 is 24.3 Å². The number of benzene rings is 1. The third-order valence-electron chi connectivity index (χ3n) is 2.48. The van der Waals surface area contributed by atoms with Gasteiger partial charge in [-0.25, -0.2) is 0 Å². The minimum Gasteiger partial charge on any atom is -0.324 e. The largest absolute Gasteiger partial charge is 0.339 e. The molecule has 2 aromatic rings. The minimum absolute atomic E-state index is 0.0436. The summed E-state index contributed by atoms with van der Waals surface area (Å²) >= 11 is 0. The summed E-state index contributed by atoms with van der Waals surface area (Å²) in [5.41, 5.74) is 1.12. The van der Waals surface area contributed by atoms with Gasteiger partial charge in [0.2, 0.25) is 0 Å². The topological polar surface area (TPSA) is 138 Å². The van der Waals surface area contributed by atoms with E-state index in [1.165, 1.54) is 24.5 Å². The summed E-state index contributed by atoms with van der Waals surface area (Å²) in [7, 11) is -4.18. The number of rotatable bonds is 5. The molecule has 1 aromatic heterocycles. The van der Waals surface area contributed by atoms with E-state index in [4.69, 9.17) is 9.79 Å². The molecule has 0 amide bonds. The molecular weight excluding hydrogens is 287 g/mol. The fraction of sp³-hybridized carbons (Fsp3) is 0.200. The molecule has 9 nitrogen and oxygen atoms in total. The molecule has 0 saturated heterocycles. The van der Waals surface area contributed by atoms with Crippen molar-refractivity contribution in [2.24, 2.45) is 0 Å². The Morgan fingerprint density at radius 3 is 2.65 bits per heavy atom. The van der Waals surface area contributed by atoms with Crippen LogP contribution in [0.4, 0.5) is 5.69 Å². The summed E-state index contributed by atoms with van der Waals surface area (Å²) in [5.74, 6) is 0. The highest BCUT2D eigenvalue weighted by Crippen LogP contribution is 2.32. The molecule has 0 aliphatic rings. The molecule has 0 aliphatic carbocycles. The second-order valence-corrected chi connectivity index (χ2v) is 5.68. The summed E-state index contributed by atoms with van der Waals surface area (Å²) in [4.78, 5) is 35.9. The lowest BCUT2D eigenvalue weighted by molar-refractivity contribution is -0.384. The molecule has 10 heteroatoms. The molecule has 2 rings (SSSR count). The highest BCUT2D eigenvalue weighted by molar-refractivity contribution is 7.51. The van der Waals surface area contributed by atoms with Gasteiger partial charge in [0, 0.05) is 36.6 Å². The van der Waals surface area contributed by atoms with E-state index in [1.54, 1.807) is 0 Å². The molecule has 0 bridgehead atoms. The van der Waals surface area contributed by atoms with E-state index < -0.39 is 18.8 Å². The van der Waals surface area contributed by atoms with Crippen LogP contribution in [0.3, 0.4) is 0 Å². The average Bonchev–Trinajstić information content (AvgIpc) is 2.36. The molecular formula is C10H11N4O5P. The van der Waals surface area contributed by atoms with Crippen molar-refractivity contribution in [2.45, 2.75) is 6.54 Å². The first kappa shape index (κ1) is 14.5. The molecule has 106 valence electrons. The Kier molecular flexibility index (Phi) is 4.05. The zero-order valence-electron chi connectivity index (χ0n) is 10.1. The van der Waals surface area contributed by atoms with Crippen LogP contribution in [0.15, 0.2) is 24.5 Å². The molecule has 1 aromatic carbocycles. The molecule has 3 N–H and O–H groups in total. The van der Waals surface area contributed by atoms with Crippen molar-refractivity contribution in [3.05, 3.63) is 40.2 Å². The number of nitrogens with one attached hydrogen (secondary N) is 1. The monoisotopic (exact) mass is 298 g/mol. The van der Waals surface area contributed by atoms with Crippen LogP contribution in [0.2, 0.25) is 0 Å². The van der Waals surface area contributed by atoms with Crippen LogP contribution in [0.25, 0.3) is 11.0 Å². The fourth-order valence-corrected chi connectivity index (χ4v) is 2.11. The fourth-order valence-electron chi connectivity index (χ4n) is 1.71. The molecule has 0 saturated carbocycles. The predicted molar refractivity (Wildman–Crippen MR) is 69.9 cm³/mol. The van der Waals surface area contributed by atoms with E-state index in [-0.39, 0.29) is 12.2 Å². The van der Waals surface area contributed by atoms with Crippen LogP contribution in [-0.2, 0) is 11.1 Å². The summed E-state index contributed by atoms with van der Waals surface area (Å²) in [6.07, 6.45) is 2.34. The molecule has 0 atom stereocenters. The SMILES string of the molecule is O=[N+]([O-])c1cc(CNCP(=O)(O)O)c2nccnc2c1. The summed E-state index contributed by atoms with van der Waals surface area (Å²) < 4.78 is 10.8. The number of hydrogen-bond donors (Lipinski definition) is 3. The maximum absolute atomic E-state index is 10.8. The number of nitrogens with zero attached hydrogens (tertiary/aromatic N) is 3. The maximum Gasteiger partial charge on any atom is 0.339 e. The third kappa shape index (κ3) is 3.55. The summed E-state index contributed by atoms with van der Waals surface area (Å²) in [5, 5.41) is 13.4. The van der Waals surface area contributed by atoms with Gasteiger partial charge in [-0.05, 0) is 0 Å². The Hall–Kier alpha value is -1.93. The number of non-ortho nitro benzene ring substituents is 1. The van der Waals surface area contributed by atoms with Crippen molar-refractivity contribution in [3.63, 3.8) is 0 Å². The van der Waals surface area contributed by atoms with Crippen LogP contribution in [0.1, 0.15) is 5.56 Å². The van der Waals surface area contributed by atoms with Gasteiger partial charge in [0.15, 0.2) is 0 Å². The highest BCUT2D eigenvalue weighted by Gasteiger charge is 2.15. The second kappa shape index (κ2) is 5.59. The zero-order chi connectivity index (χ0) is 14.8. The van der Waals surface area contributed by atoms with Crippen molar-refractivity contribution < 1.29 is 19.3 Å². The van der Waals surface area contributed by atoms with Gasteiger partial charge in [-0.1, -0.05) is 0 Å². The lowest BCUT2D eigenvalue weighted by atomic mass is 10.1. The Balaban J connectivity index is 2.35. The van der Waals surface area contributed by atoms with Gasteiger partial charge in [0.1, 0.15) is 0 Å². The first-order valence-electron chi connectivity index (χ1n) is 5.50. The predicted octanol–water partition coefficient (Wildman–Crippen LogP) is 0.763. The van der Waals surface area contributed by atoms with Gasteiger partial charge in [0.05, 0.1) is 22.2 Å². The molecule has 0 unspecified atom stereocenters. The summed E-state index contributed by atoms with van der Waals surface area (Å²) in [6, 6.07) is 2.61. The van der Waals surface area contributed by atoms with Gasteiger partial charge in [-0.3, -0.25) is 24.6 Å². The number of hydrogen-bond acceptors (Lipinski definition) is 6. The molecule has 0 aliphatic heterocycles. The van der Waals surface area contributed by atoms with Crippen LogP contribution in [0.5, 0.6) is 0 Å². The first-order valence-corrected chi connectivity index (χ1v) is 7.30. The number of fused-ring (bicyclic) bond motifs is 1. The Bertz CT molecular complexity index is 701. The molecule has 0 radical (unpaired) electrons. The van der Waals surface area contributed by atoms with E-state index in [2.05, 4.69) is 15.3 Å². The van der Waals surface area contributed by atoms with Crippen LogP contribution in [-0.4, -0.2) is 31.0 Å². The van der Waals surface area contributed by atoms with Gasteiger partial charge in [-0.15, -0.1) is 0 Å². The standard InChI is InChI=1S/C10H11N4O5P/c15-14(16)8-3-7(5-11-6-20(17,18)19)10-9(4-8)12-1-2-13-10/h1-4,11H,5-6H2,(H2,17,18,19). The smallest absolute Gasteiger partial charge is 0.324 e. The third-order valence-corrected chi connectivity index (χ3v) is 3.12. The van der Waals surface area contributed by atoms with Gasteiger partial charge >= 0.3 is 7.60 Å². The lowest BCUT2D eigenvalue weighted by Crippen LogP contribution is -2.15. The van der Waals surface area contributed by atoms with E-state index in [1.807, 2.05) is 0 Å². The van der Waals surface area contributed by atoms with E-state index in [0.717, 1.165) is 0 Å². The van der Waals surface area contributed by atoms with Crippen LogP contribution in [0, 0.1) is 10.1 Å². The van der Waals surface area contributed by atoms with Gasteiger partial charge < -0.3 is 15.1 Å². The molecule has 20 heavy (non-hydrogen) atoms. The number of aromatic nitrogens is 2. The Morgan fingerprint density at radius 2 is 2.00 bits per heavy atom. The van der Waals surface area contributed by atoms with E-state index >= 15 is 0 Å². The van der Waals surface area contributed by atoms with Crippen molar-refractivity contribution in [2.75, 3.05) is 6.29 Å². The van der Waals surface area contributed by atoms with Crippen LogP contribution >= 0.6 is 7.60 Å². The normalized spacial score (nSPS) is 11.7. The Labute approximate surface area is 113 Å². The summed E-state index contributed by atoms with van der Waals surface area (Å²) in [6.45, 7) is 0.0436. The quantitative estimate of drug-likeness (QED) is 0.418. The molecule has 0 fully saturated rings. The average molecular weight is 298 g/mol. The molecule has 1 heterocycles. The molecule has 0 spiro atoms. The highest BCUT2D eigenvalue weighted by atomic mass is 31.2. The number of nitro groups is 1. The van der Waals surface area contributed by atoms with E-state index in [9.17, 15) is 14.7 Å². The van der Waals surface area contributed by atoms with Crippen LogP contribution < -0.4 is 5.32 Å². The Morgan fingerprint density at radius 1 is 1.30 bits per heavy atom. The first-order chi connectivity index (χ1) is 9.37. The lowest BCUT2D eigenvalue weighted by Gasteiger charge is -2.08. The maximum atomic E-state index is 10.8. The minimum atomic E-state index is -4.18. The van der Waals surface area contributed by atoms with Gasteiger partial charge in [0.25, 0.3) is 5.69 Å². The van der Waals surface area contributed by atoms with Crippen molar-refractivity contribution in [3.8, 4) is 0 Å².